The summed E-state index contributed by atoms with van der Waals surface area (Å²) in [5.74, 6) is 0.297. The van der Waals surface area contributed by atoms with Crippen LogP contribution in [-0.4, -0.2) is 15.8 Å². The van der Waals surface area contributed by atoms with Crippen molar-refractivity contribution in [2.75, 3.05) is 5.32 Å². The number of carbonyl (C=O) groups is 1. The Hall–Kier alpha value is -2.37. The molecule has 0 aliphatic carbocycles. The van der Waals surface area contributed by atoms with Gasteiger partial charge in [0.15, 0.2) is 5.82 Å². The number of nitrogens with zero attached hydrogens (tertiary/aromatic N) is 2. The molecule has 2 amide bonds. The molecule has 2 N–H and O–H groups in total. The quantitative estimate of drug-likeness (QED) is 0.915. The van der Waals surface area contributed by atoms with Crippen LogP contribution < -0.4 is 10.6 Å². The zero-order valence-electron chi connectivity index (χ0n) is 12.5. The number of fused-ring (bicyclic) bond motifs is 1. The highest BCUT2D eigenvalue weighted by Crippen LogP contribution is 2.17. The number of halogens is 1. The van der Waals surface area contributed by atoms with Crippen LogP contribution in [0.25, 0.3) is 0 Å². The molecule has 22 heavy (non-hydrogen) atoms. The van der Waals surface area contributed by atoms with Crippen molar-refractivity contribution >= 4 is 11.8 Å². The molecule has 1 aromatic heterocycles. The van der Waals surface area contributed by atoms with Gasteiger partial charge < -0.3 is 5.32 Å². The Kier molecular flexibility index (Phi) is 4.09. The van der Waals surface area contributed by atoms with Gasteiger partial charge in [-0.3, -0.25) is 10.00 Å². The van der Waals surface area contributed by atoms with Gasteiger partial charge in [-0.05, 0) is 43.4 Å². The summed E-state index contributed by atoms with van der Waals surface area (Å²) < 4.78 is 15.4. The van der Waals surface area contributed by atoms with E-state index in [0.29, 0.717) is 11.4 Å². The summed E-state index contributed by atoms with van der Waals surface area (Å²) in [5.41, 5.74) is 2.47. The highest BCUT2D eigenvalue weighted by atomic mass is 19.1. The molecule has 6 heteroatoms. The molecule has 0 unspecified atom stereocenters. The number of amides is 2. The number of urea groups is 1. The SMILES string of the molecule is Cc1ccc(CNC(=O)Nc2cc3n(n2)CCCC3)cc1F. The molecule has 0 atom stereocenters. The van der Waals surface area contributed by atoms with Crippen LogP contribution in [-0.2, 0) is 19.5 Å². The molecule has 1 aliphatic heterocycles. The molecule has 5 nitrogen and oxygen atoms in total. The predicted molar refractivity (Wildman–Crippen MR) is 82.2 cm³/mol. The van der Waals surface area contributed by atoms with Crippen molar-refractivity contribution in [3.63, 3.8) is 0 Å². The summed E-state index contributed by atoms with van der Waals surface area (Å²) in [6.07, 6.45) is 3.29. The fourth-order valence-corrected chi connectivity index (χ4v) is 2.57. The maximum Gasteiger partial charge on any atom is 0.320 e. The van der Waals surface area contributed by atoms with Gasteiger partial charge in [-0.15, -0.1) is 0 Å². The smallest absolute Gasteiger partial charge is 0.320 e. The summed E-state index contributed by atoms with van der Waals surface area (Å²) in [6, 6.07) is 6.51. The zero-order valence-corrected chi connectivity index (χ0v) is 12.5. The Morgan fingerprint density at radius 1 is 1.36 bits per heavy atom. The first-order valence-electron chi connectivity index (χ1n) is 7.48. The van der Waals surface area contributed by atoms with E-state index in [1.165, 1.54) is 6.07 Å². The lowest BCUT2D eigenvalue weighted by atomic mass is 10.1. The van der Waals surface area contributed by atoms with E-state index in [4.69, 9.17) is 0 Å². The molecule has 0 saturated heterocycles. The summed E-state index contributed by atoms with van der Waals surface area (Å²) in [5, 5.41) is 9.78. The Labute approximate surface area is 128 Å². The molecular weight excluding hydrogens is 283 g/mol. The molecule has 1 aliphatic rings. The Bertz CT molecular complexity index is 672. The normalized spacial score (nSPS) is 13.5. The lowest BCUT2D eigenvalue weighted by Crippen LogP contribution is -2.28. The minimum atomic E-state index is -0.337. The van der Waals surface area contributed by atoms with Gasteiger partial charge in [0, 0.05) is 24.8 Å². The second-order valence-corrected chi connectivity index (χ2v) is 5.59. The average molecular weight is 302 g/mol. The van der Waals surface area contributed by atoms with E-state index in [9.17, 15) is 9.18 Å². The number of hydrogen-bond donors (Lipinski definition) is 2. The van der Waals surface area contributed by atoms with E-state index >= 15 is 0 Å². The van der Waals surface area contributed by atoms with Crippen LogP contribution in [0, 0.1) is 12.7 Å². The molecule has 1 aromatic carbocycles. The van der Waals surface area contributed by atoms with Crippen LogP contribution in [0.4, 0.5) is 15.0 Å². The third-order valence-electron chi connectivity index (χ3n) is 3.85. The van der Waals surface area contributed by atoms with E-state index in [0.717, 1.165) is 37.1 Å². The van der Waals surface area contributed by atoms with E-state index in [1.807, 2.05) is 10.7 Å². The van der Waals surface area contributed by atoms with Gasteiger partial charge in [0.2, 0.25) is 0 Å². The molecule has 0 spiro atoms. The number of benzene rings is 1. The van der Waals surface area contributed by atoms with Crippen LogP contribution in [0.15, 0.2) is 24.3 Å². The average Bonchev–Trinajstić information content (AvgIpc) is 2.90. The summed E-state index contributed by atoms with van der Waals surface area (Å²) in [6.45, 7) is 2.89. The van der Waals surface area contributed by atoms with Gasteiger partial charge in [0.25, 0.3) is 0 Å². The molecule has 3 rings (SSSR count). The van der Waals surface area contributed by atoms with Crippen LogP contribution in [0.2, 0.25) is 0 Å². The first kappa shape index (κ1) is 14.6. The number of anilines is 1. The fraction of sp³-hybridized carbons (Fsp3) is 0.375. The number of hydrogen-bond acceptors (Lipinski definition) is 2. The molecule has 0 bridgehead atoms. The molecule has 116 valence electrons. The van der Waals surface area contributed by atoms with E-state index in [-0.39, 0.29) is 18.4 Å². The number of nitrogens with one attached hydrogen (secondary N) is 2. The molecule has 2 aromatic rings. The van der Waals surface area contributed by atoms with Crippen molar-refractivity contribution in [3.05, 3.63) is 46.9 Å². The van der Waals surface area contributed by atoms with Gasteiger partial charge in [-0.25, -0.2) is 9.18 Å². The number of aromatic nitrogens is 2. The standard InChI is InChI=1S/C16H19FN4O/c1-11-5-6-12(8-14(11)17)10-18-16(22)19-15-9-13-4-2-3-7-21(13)20-15/h5-6,8-9H,2-4,7,10H2,1H3,(H2,18,19,20,22). The van der Waals surface area contributed by atoms with Gasteiger partial charge in [0.05, 0.1) is 0 Å². The first-order valence-corrected chi connectivity index (χ1v) is 7.48. The van der Waals surface area contributed by atoms with Crippen LogP contribution in [0.1, 0.15) is 29.7 Å². The van der Waals surface area contributed by atoms with Crippen molar-refractivity contribution in [2.45, 2.75) is 39.3 Å². The van der Waals surface area contributed by atoms with Crippen molar-refractivity contribution in [1.29, 1.82) is 0 Å². The maximum atomic E-state index is 13.4. The number of rotatable bonds is 3. The Morgan fingerprint density at radius 2 is 2.23 bits per heavy atom. The number of carbonyl (C=O) groups excluding carboxylic acids is 1. The molecule has 0 radical (unpaired) electrons. The highest BCUT2D eigenvalue weighted by molar-refractivity contribution is 5.88. The maximum absolute atomic E-state index is 13.4. The van der Waals surface area contributed by atoms with E-state index in [1.54, 1.807) is 19.1 Å². The first-order chi connectivity index (χ1) is 10.6. The molecule has 0 saturated carbocycles. The molecule has 0 fully saturated rings. The van der Waals surface area contributed by atoms with Crippen LogP contribution in [0.3, 0.4) is 0 Å². The lowest BCUT2D eigenvalue weighted by Gasteiger charge is -2.11. The van der Waals surface area contributed by atoms with Crippen molar-refractivity contribution in [2.24, 2.45) is 0 Å². The Balaban J connectivity index is 1.56. The van der Waals surface area contributed by atoms with E-state index in [2.05, 4.69) is 15.7 Å². The lowest BCUT2D eigenvalue weighted by molar-refractivity contribution is 0.251. The van der Waals surface area contributed by atoms with Crippen LogP contribution in [0.5, 0.6) is 0 Å². The van der Waals surface area contributed by atoms with Crippen molar-refractivity contribution < 1.29 is 9.18 Å². The van der Waals surface area contributed by atoms with Crippen LogP contribution >= 0.6 is 0 Å². The third-order valence-corrected chi connectivity index (χ3v) is 3.85. The number of aryl methyl sites for hydroxylation is 3. The largest absolute Gasteiger partial charge is 0.334 e. The van der Waals surface area contributed by atoms with Crippen molar-refractivity contribution in [3.8, 4) is 0 Å². The van der Waals surface area contributed by atoms with E-state index < -0.39 is 0 Å². The van der Waals surface area contributed by atoms with Gasteiger partial charge in [-0.1, -0.05) is 12.1 Å². The minimum absolute atomic E-state index is 0.263. The van der Waals surface area contributed by atoms with Gasteiger partial charge >= 0.3 is 6.03 Å². The zero-order chi connectivity index (χ0) is 15.5. The predicted octanol–water partition coefficient (Wildman–Crippen LogP) is 2.99. The molecule has 2 heterocycles. The topological polar surface area (TPSA) is 59.0 Å². The second kappa shape index (κ2) is 6.17. The van der Waals surface area contributed by atoms with Gasteiger partial charge in [-0.2, -0.15) is 5.10 Å². The Morgan fingerprint density at radius 3 is 3.00 bits per heavy atom. The summed E-state index contributed by atoms with van der Waals surface area (Å²) in [4.78, 5) is 11.9. The fourth-order valence-electron chi connectivity index (χ4n) is 2.57. The van der Waals surface area contributed by atoms with Crippen molar-refractivity contribution in [1.82, 2.24) is 15.1 Å². The minimum Gasteiger partial charge on any atom is -0.334 e. The highest BCUT2D eigenvalue weighted by Gasteiger charge is 2.13. The second-order valence-electron chi connectivity index (χ2n) is 5.59. The molecular formula is C16H19FN4O. The third kappa shape index (κ3) is 3.27. The monoisotopic (exact) mass is 302 g/mol. The van der Waals surface area contributed by atoms with Gasteiger partial charge in [0.1, 0.15) is 5.82 Å². The summed E-state index contributed by atoms with van der Waals surface area (Å²) >= 11 is 0. The summed E-state index contributed by atoms with van der Waals surface area (Å²) in [7, 11) is 0.